The van der Waals surface area contributed by atoms with Crippen LogP contribution in [0.5, 0.6) is 0 Å². The van der Waals surface area contributed by atoms with E-state index in [2.05, 4.69) is 21.2 Å². The smallest absolute Gasteiger partial charge is 0.262 e. The Bertz CT molecular complexity index is 516. The van der Waals surface area contributed by atoms with E-state index in [9.17, 15) is 9.59 Å². The molecule has 3 N–H and O–H groups in total. The molecule has 0 radical (unpaired) electrons. The summed E-state index contributed by atoms with van der Waals surface area (Å²) < 4.78 is 0.883. The predicted octanol–water partition coefficient (Wildman–Crippen LogP) is 2.07. The molecule has 0 bridgehead atoms. The van der Waals surface area contributed by atoms with Crippen molar-refractivity contribution in [3.8, 4) is 0 Å². The number of halogens is 1. The Labute approximate surface area is 138 Å². The lowest BCUT2D eigenvalue weighted by molar-refractivity contribution is -0.132. The highest BCUT2D eigenvalue weighted by molar-refractivity contribution is 9.11. The van der Waals surface area contributed by atoms with Gasteiger partial charge in [0.15, 0.2) is 0 Å². The minimum absolute atomic E-state index is 0.125. The molecule has 0 aliphatic heterocycles. The van der Waals surface area contributed by atoms with E-state index in [4.69, 9.17) is 5.73 Å². The maximum atomic E-state index is 12.3. The van der Waals surface area contributed by atoms with Gasteiger partial charge >= 0.3 is 0 Å². The van der Waals surface area contributed by atoms with Gasteiger partial charge < -0.3 is 16.0 Å². The molecule has 21 heavy (non-hydrogen) atoms. The molecule has 1 aromatic heterocycles. The maximum Gasteiger partial charge on any atom is 0.262 e. The van der Waals surface area contributed by atoms with Gasteiger partial charge in [-0.2, -0.15) is 0 Å². The van der Waals surface area contributed by atoms with Gasteiger partial charge in [-0.05, 0) is 46.9 Å². The number of rotatable bonds is 6. The number of carbonyl (C=O) groups is 2. The van der Waals surface area contributed by atoms with Gasteiger partial charge in [-0.25, -0.2) is 0 Å². The molecule has 0 aliphatic rings. The van der Waals surface area contributed by atoms with Gasteiger partial charge in [-0.1, -0.05) is 13.8 Å². The lowest BCUT2D eigenvalue weighted by Crippen LogP contribution is -2.48. The highest BCUT2D eigenvalue weighted by Crippen LogP contribution is 2.22. The summed E-state index contributed by atoms with van der Waals surface area (Å²) in [6.07, 6.45) is 0. The first kappa shape index (κ1) is 18.1. The molecule has 5 nitrogen and oxygen atoms in total. The summed E-state index contributed by atoms with van der Waals surface area (Å²) in [6, 6.07) is 2.96. The van der Waals surface area contributed by atoms with Crippen LogP contribution in [0.4, 0.5) is 0 Å². The zero-order chi connectivity index (χ0) is 16.2. The van der Waals surface area contributed by atoms with E-state index in [1.54, 1.807) is 24.9 Å². The molecule has 1 atom stereocenters. The van der Waals surface area contributed by atoms with Crippen molar-refractivity contribution in [2.45, 2.75) is 26.8 Å². The van der Waals surface area contributed by atoms with Crippen LogP contribution in [0.15, 0.2) is 15.9 Å². The normalized spacial score (nSPS) is 12.9. The number of hydrogen-bond acceptors (Lipinski definition) is 4. The average molecular weight is 376 g/mol. The van der Waals surface area contributed by atoms with Crippen molar-refractivity contribution in [2.75, 3.05) is 20.1 Å². The molecule has 0 fully saturated rings. The molecule has 1 rings (SSSR count). The summed E-state index contributed by atoms with van der Waals surface area (Å²) >= 11 is 4.65. The van der Waals surface area contributed by atoms with Crippen molar-refractivity contribution in [1.29, 1.82) is 0 Å². The van der Waals surface area contributed by atoms with Crippen LogP contribution in [0.2, 0.25) is 0 Å². The Morgan fingerprint density at radius 3 is 2.57 bits per heavy atom. The second kappa shape index (κ2) is 7.38. The van der Waals surface area contributed by atoms with Gasteiger partial charge in [-0.3, -0.25) is 9.59 Å². The van der Waals surface area contributed by atoms with Crippen LogP contribution in [-0.4, -0.2) is 42.9 Å². The number of thiophene rings is 1. The van der Waals surface area contributed by atoms with E-state index < -0.39 is 6.04 Å². The molecule has 0 aliphatic carbocycles. The molecular weight excluding hydrogens is 354 g/mol. The molecule has 0 saturated carbocycles. The number of nitrogens with one attached hydrogen (secondary N) is 1. The summed E-state index contributed by atoms with van der Waals surface area (Å²) in [4.78, 5) is 26.5. The third kappa shape index (κ3) is 5.41. The monoisotopic (exact) mass is 375 g/mol. The zero-order valence-corrected chi connectivity index (χ0v) is 15.2. The Kier molecular flexibility index (Phi) is 6.37. The third-order valence-electron chi connectivity index (χ3n) is 3.11. The number of likely N-dealkylation sites (N-methyl/N-ethyl adjacent to an activating group) is 1. The van der Waals surface area contributed by atoms with Crippen LogP contribution < -0.4 is 11.1 Å². The van der Waals surface area contributed by atoms with Gasteiger partial charge in [0.05, 0.1) is 8.66 Å². The van der Waals surface area contributed by atoms with E-state index in [1.165, 1.54) is 11.3 Å². The predicted molar refractivity (Wildman–Crippen MR) is 89.4 cm³/mol. The van der Waals surface area contributed by atoms with Crippen LogP contribution in [-0.2, 0) is 4.79 Å². The van der Waals surface area contributed by atoms with Gasteiger partial charge in [0, 0.05) is 13.6 Å². The fraction of sp³-hybridized carbons (Fsp3) is 0.571. The van der Waals surface area contributed by atoms with E-state index in [0.29, 0.717) is 18.0 Å². The second-order valence-corrected chi connectivity index (χ2v) is 8.32. The molecule has 1 unspecified atom stereocenters. The van der Waals surface area contributed by atoms with Crippen molar-refractivity contribution in [2.24, 2.45) is 11.1 Å². The van der Waals surface area contributed by atoms with E-state index in [-0.39, 0.29) is 17.2 Å². The molecule has 1 aromatic rings. The lowest BCUT2D eigenvalue weighted by atomic mass is 9.93. The topological polar surface area (TPSA) is 75.4 Å². The summed E-state index contributed by atoms with van der Waals surface area (Å²) in [6.45, 7) is 6.74. The quantitative estimate of drug-likeness (QED) is 0.798. The number of nitrogens with two attached hydrogens (primary N) is 1. The van der Waals surface area contributed by atoms with Crippen LogP contribution >= 0.6 is 27.3 Å². The first-order chi connectivity index (χ1) is 9.66. The molecule has 118 valence electrons. The first-order valence-electron chi connectivity index (χ1n) is 6.67. The summed E-state index contributed by atoms with van der Waals surface area (Å²) in [5.74, 6) is -0.362. The number of hydrogen-bond donors (Lipinski definition) is 2. The van der Waals surface area contributed by atoms with Gasteiger partial charge in [0.1, 0.15) is 6.04 Å². The molecule has 0 spiro atoms. The van der Waals surface area contributed by atoms with E-state index >= 15 is 0 Å². The molecule has 1 heterocycles. The van der Waals surface area contributed by atoms with Gasteiger partial charge in [-0.15, -0.1) is 11.3 Å². The average Bonchev–Trinajstić information content (AvgIpc) is 2.84. The van der Waals surface area contributed by atoms with Crippen molar-refractivity contribution >= 4 is 39.1 Å². The maximum absolute atomic E-state index is 12.3. The fourth-order valence-corrected chi connectivity index (χ4v) is 3.17. The Morgan fingerprint density at radius 2 is 2.10 bits per heavy atom. The minimum atomic E-state index is -0.572. The first-order valence-corrected chi connectivity index (χ1v) is 8.28. The van der Waals surface area contributed by atoms with Crippen LogP contribution in [0.25, 0.3) is 0 Å². The largest absolute Gasteiger partial charge is 0.343 e. The number of carbonyl (C=O) groups excluding carboxylic acids is 2. The second-order valence-electron chi connectivity index (χ2n) is 5.86. The Balaban J connectivity index is 2.60. The van der Waals surface area contributed by atoms with Gasteiger partial charge in [0.2, 0.25) is 5.91 Å². The van der Waals surface area contributed by atoms with Crippen molar-refractivity contribution in [1.82, 2.24) is 10.2 Å². The van der Waals surface area contributed by atoms with E-state index in [1.807, 2.05) is 19.9 Å². The number of amides is 2. The standard InChI is InChI=1S/C14H22BrN3O2S/c1-9(13(20)18(4)8-14(2,3)7-16)17-12(19)10-5-6-11(15)21-10/h5-6,9H,7-8,16H2,1-4H3,(H,17,19). The summed E-state index contributed by atoms with van der Waals surface area (Å²) in [5.41, 5.74) is 5.53. The van der Waals surface area contributed by atoms with Crippen LogP contribution in [0.1, 0.15) is 30.4 Å². The van der Waals surface area contributed by atoms with Crippen molar-refractivity contribution in [3.05, 3.63) is 20.8 Å². The SMILES string of the molecule is CC(NC(=O)c1ccc(Br)s1)C(=O)N(C)CC(C)(C)CN. The van der Waals surface area contributed by atoms with Crippen LogP contribution in [0, 0.1) is 5.41 Å². The third-order valence-corrected chi connectivity index (χ3v) is 4.73. The Hall–Kier alpha value is -0.920. The summed E-state index contributed by atoms with van der Waals surface area (Å²) in [7, 11) is 1.73. The van der Waals surface area contributed by atoms with Crippen molar-refractivity contribution < 1.29 is 9.59 Å². The molecule has 0 saturated heterocycles. The highest BCUT2D eigenvalue weighted by atomic mass is 79.9. The zero-order valence-electron chi connectivity index (χ0n) is 12.8. The van der Waals surface area contributed by atoms with E-state index in [0.717, 1.165) is 3.79 Å². The number of nitrogens with zero attached hydrogens (tertiary/aromatic N) is 1. The fourth-order valence-electron chi connectivity index (χ4n) is 1.88. The van der Waals surface area contributed by atoms with Gasteiger partial charge in [0.25, 0.3) is 5.91 Å². The minimum Gasteiger partial charge on any atom is -0.343 e. The molecule has 2 amide bonds. The Morgan fingerprint density at radius 1 is 1.48 bits per heavy atom. The summed E-state index contributed by atoms with van der Waals surface area (Å²) in [5, 5.41) is 2.72. The lowest BCUT2D eigenvalue weighted by Gasteiger charge is -2.30. The highest BCUT2D eigenvalue weighted by Gasteiger charge is 2.25. The molecule has 7 heteroatoms. The van der Waals surface area contributed by atoms with Crippen LogP contribution in [0.3, 0.4) is 0 Å². The molecule has 0 aromatic carbocycles. The molecular formula is C14H22BrN3O2S. The van der Waals surface area contributed by atoms with Crippen molar-refractivity contribution in [3.63, 3.8) is 0 Å².